The minimum absolute atomic E-state index is 0.0600. The zero-order chi connectivity index (χ0) is 19.1. The van der Waals surface area contributed by atoms with Crippen molar-refractivity contribution in [3.05, 3.63) is 74.7 Å². The number of amides is 1. The van der Waals surface area contributed by atoms with E-state index in [0.29, 0.717) is 26.7 Å². The molecule has 2 N–H and O–H groups in total. The molecule has 0 radical (unpaired) electrons. The molecule has 1 aliphatic rings. The Morgan fingerprint density at radius 1 is 1.22 bits per heavy atom. The largest absolute Gasteiger partial charge is 0.477 e. The number of fused-ring (bicyclic) bond motifs is 1. The molecule has 0 aliphatic carbocycles. The highest BCUT2D eigenvalue weighted by molar-refractivity contribution is 7.15. The first-order chi connectivity index (χ1) is 13.0. The number of rotatable bonds is 3. The van der Waals surface area contributed by atoms with E-state index in [9.17, 15) is 19.1 Å². The van der Waals surface area contributed by atoms with Crippen molar-refractivity contribution in [1.82, 2.24) is 0 Å². The summed E-state index contributed by atoms with van der Waals surface area (Å²) in [5.41, 5.74) is 1.92. The van der Waals surface area contributed by atoms with Gasteiger partial charge in [-0.25, -0.2) is 9.18 Å². The SMILES string of the molecule is O=C1C[C@@H](c2ccccc2Cl)c2sc(C(=O)O)c(-c3cccc(F)c3)c2N1. The van der Waals surface area contributed by atoms with Crippen molar-refractivity contribution in [2.75, 3.05) is 5.32 Å². The second kappa shape index (κ2) is 6.79. The van der Waals surface area contributed by atoms with Crippen LogP contribution in [-0.4, -0.2) is 17.0 Å². The van der Waals surface area contributed by atoms with E-state index in [4.69, 9.17) is 11.6 Å². The van der Waals surface area contributed by atoms with Crippen molar-refractivity contribution in [3.8, 4) is 11.1 Å². The molecule has 0 spiro atoms. The van der Waals surface area contributed by atoms with Crippen LogP contribution in [0.25, 0.3) is 11.1 Å². The number of benzene rings is 2. The Morgan fingerprint density at radius 2 is 2.00 bits per heavy atom. The lowest BCUT2D eigenvalue weighted by atomic mass is 9.88. The number of hydrogen-bond acceptors (Lipinski definition) is 3. The summed E-state index contributed by atoms with van der Waals surface area (Å²) >= 11 is 7.41. The van der Waals surface area contributed by atoms with Crippen molar-refractivity contribution >= 4 is 40.5 Å². The normalized spacial score (nSPS) is 15.9. The molecule has 0 fully saturated rings. The third kappa shape index (κ3) is 3.11. The maximum absolute atomic E-state index is 13.7. The Kier molecular flexibility index (Phi) is 4.45. The summed E-state index contributed by atoms with van der Waals surface area (Å²) in [4.78, 5) is 25.0. The number of carboxylic acid groups (broad SMARTS) is 1. The molecular weight excluding hydrogens is 389 g/mol. The van der Waals surface area contributed by atoms with Crippen molar-refractivity contribution < 1.29 is 19.1 Å². The average Bonchev–Trinajstić information content (AvgIpc) is 3.01. The molecule has 27 heavy (non-hydrogen) atoms. The maximum atomic E-state index is 13.7. The smallest absolute Gasteiger partial charge is 0.346 e. The number of hydrogen-bond donors (Lipinski definition) is 2. The fourth-order valence-electron chi connectivity index (χ4n) is 3.37. The molecule has 1 aliphatic heterocycles. The molecule has 2 aromatic carbocycles. The lowest BCUT2D eigenvalue weighted by molar-refractivity contribution is -0.116. The molecule has 136 valence electrons. The molecule has 2 heterocycles. The van der Waals surface area contributed by atoms with Gasteiger partial charge in [0.05, 0.1) is 5.69 Å². The molecule has 1 amide bonds. The number of anilines is 1. The first kappa shape index (κ1) is 17.7. The number of carboxylic acids is 1. The Morgan fingerprint density at radius 3 is 2.70 bits per heavy atom. The molecule has 0 unspecified atom stereocenters. The van der Waals surface area contributed by atoms with Crippen molar-refractivity contribution in [3.63, 3.8) is 0 Å². The minimum atomic E-state index is -1.12. The van der Waals surface area contributed by atoms with E-state index >= 15 is 0 Å². The third-order valence-electron chi connectivity index (χ3n) is 4.49. The maximum Gasteiger partial charge on any atom is 0.346 e. The fraction of sp³-hybridized carbons (Fsp3) is 0.100. The third-order valence-corrected chi connectivity index (χ3v) is 6.13. The van der Waals surface area contributed by atoms with E-state index in [-0.39, 0.29) is 23.1 Å². The summed E-state index contributed by atoms with van der Waals surface area (Å²) in [6, 6.07) is 12.9. The quantitative estimate of drug-likeness (QED) is 0.619. The van der Waals surface area contributed by atoms with Crippen LogP contribution in [0.4, 0.5) is 10.1 Å². The zero-order valence-electron chi connectivity index (χ0n) is 13.8. The van der Waals surface area contributed by atoms with Gasteiger partial charge in [-0.2, -0.15) is 0 Å². The van der Waals surface area contributed by atoms with Gasteiger partial charge in [0.25, 0.3) is 0 Å². The second-order valence-corrected chi connectivity index (χ2v) is 7.65. The van der Waals surface area contributed by atoms with Gasteiger partial charge in [-0.1, -0.05) is 41.9 Å². The van der Waals surface area contributed by atoms with E-state index < -0.39 is 11.8 Å². The molecule has 0 saturated carbocycles. The Hall–Kier alpha value is -2.70. The predicted octanol–water partition coefficient (Wildman–Crippen LogP) is 5.38. The molecule has 1 atom stereocenters. The molecule has 4 rings (SSSR count). The van der Waals surface area contributed by atoms with Gasteiger partial charge in [0, 0.05) is 27.8 Å². The van der Waals surface area contributed by atoms with E-state index in [0.717, 1.165) is 16.9 Å². The van der Waals surface area contributed by atoms with Gasteiger partial charge in [-0.15, -0.1) is 11.3 Å². The number of carbonyl (C=O) groups is 2. The highest BCUT2D eigenvalue weighted by atomic mass is 35.5. The zero-order valence-corrected chi connectivity index (χ0v) is 15.4. The van der Waals surface area contributed by atoms with Gasteiger partial charge in [0.2, 0.25) is 5.91 Å². The summed E-state index contributed by atoms with van der Waals surface area (Å²) < 4.78 is 13.7. The summed E-state index contributed by atoms with van der Waals surface area (Å²) in [7, 11) is 0. The predicted molar refractivity (Wildman–Crippen MR) is 103 cm³/mol. The summed E-state index contributed by atoms with van der Waals surface area (Å²) in [5.74, 6) is -2.19. The monoisotopic (exact) mass is 401 g/mol. The first-order valence-electron chi connectivity index (χ1n) is 8.16. The minimum Gasteiger partial charge on any atom is -0.477 e. The first-order valence-corrected chi connectivity index (χ1v) is 9.35. The Bertz CT molecular complexity index is 1080. The Labute approximate surface area is 163 Å². The molecule has 0 saturated heterocycles. The van der Waals surface area contributed by atoms with Crippen LogP contribution in [-0.2, 0) is 4.79 Å². The van der Waals surface area contributed by atoms with Crippen molar-refractivity contribution in [2.45, 2.75) is 12.3 Å². The standard InChI is InChI=1S/C20H13ClFNO3S/c21-14-7-2-1-6-12(14)13-9-15(24)23-17-16(10-4-3-5-11(22)8-10)19(20(25)26)27-18(13)17/h1-8,13H,9H2,(H,23,24)(H,25,26)/t13-/m0/s1. The van der Waals surface area contributed by atoms with E-state index in [2.05, 4.69) is 5.32 Å². The van der Waals surface area contributed by atoms with Gasteiger partial charge in [-0.05, 0) is 29.3 Å². The van der Waals surface area contributed by atoms with Crippen LogP contribution >= 0.6 is 22.9 Å². The van der Waals surface area contributed by atoms with Crippen LogP contribution in [0.2, 0.25) is 5.02 Å². The molecule has 0 bridgehead atoms. The average molecular weight is 402 g/mol. The van der Waals surface area contributed by atoms with Gasteiger partial charge < -0.3 is 10.4 Å². The highest BCUT2D eigenvalue weighted by Crippen LogP contribution is 2.50. The van der Waals surface area contributed by atoms with Crippen LogP contribution in [0.5, 0.6) is 0 Å². The fourth-order valence-corrected chi connectivity index (χ4v) is 4.87. The summed E-state index contributed by atoms with van der Waals surface area (Å²) in [6.07, 6.45) is 0.166. The molecule has 3 aromatic rings. The number of thiophene rings is 1. The van der Waals surface area contributed by atoms with Crippen molar-refractivity contribution in [1.29, 1.82) is 0 Å². The second-order valence-electron chi connectivity index (χ2n) is 6.19. The molecule has 7 heteroatoms. The molecule has 4 nitrogen and oxygen atoms in total. The van der Waals surface area contributed by atoms with Crippen molar-refractivity contribution in [2.24, 2.45) is 0 Å². The van der Waals surface area contributed by atoms with Crippen LogP contribution in [0.1, 0.15) is 32.5 Å². The lowest BCUT2D eigenvalue weighted by Gasteiger charge is -2.24. The number of nitrogens with one attached hydrogen (secondary N) is 1. The Balaban J connectivity index is 1.97. The molecular formula is C20H13ClFNO3S. The van der Waals surface area contributed by atoms with Crippen LogP contribution < -0.4 is 5.32 Å². The topological polar surface area (TPSA) is 66.4 Å². The van der Waals surface area contributed by atoms with E-state index in [1.807, 2.05) is 12.1 Å². The number of carbonyl (C=O) groups excluding carboxylic acids is 1. The lowest BCUT2D eigenvalue weighted by Crippen LogP contribution is -2.22. The van der Waals surface area contributed by atoms with Crippen LogP contribution in [0, 0.1) is 5.82 Å². The van der Waals surface area contributed by atoms with E-state index in [1.54, 1.807) is 18.2 Å². The number of halogens is 2. The van der Waals surface area contributed by atoms with Gasteiger partial charge >= 0.3 is 5.97 Å². The van der Waals surface area contributed by atoms with Crippen LogP contribution in [0.15, 0.2) is 48.5 Å². The van der Waals surface area contributed by atoms with Gasteiger partial charge in [0.1, 0.15) is 10.7 Å². The van der Waals surface area contributed by atoms with Gasteiger partial charge in [-0.3, -0.25) is 4.79 Å². The summed E-state index contributed by atoms with van der Waals surface area (Å²) in [6.45, 7) is 0. The van der Waals surface area contributed by atoms with Crippen LogP contribution in [0.3, 0.4) is 0 Å². The summed E-state index contributed by atoms with van der Waals surface area (Å²) in [5, 5.41) is 13.0. The van der Waals surface area contributed by atoms with Gasteiger partial charge in [0.15, 0.2) is 0 Å². The van der Waals surface area contributed by atoms with E-state index in [1.165, 1.54) is 18.2 Å². The highest BCUT2D eigenvalue weighted by Gasteiger charge is 2.35. The molecule has 1 aromatic heterocycles. The number of aromatic carboxylic acids is 1.